The maximum Gasteiger partial charge on any atom is 0.254 e. The first-order valence-electron chi connectivity index (χ1n) is 14.8. The predicted molar refractivity (Wildman–Crippen MR) is 154 cm³/mol. The number of carbonyl (C=O) groups is 2. The molecule has 2 amide bonds. The molecule has 2 aliphatic rings. The molecule has 0 spiro atoms. The lowest BCUT2D eigenvalue weighted by Gasteiger charge is -2.34. The molecular weight excluding hydrogens is 494 g/mol. The van der Waals surface area contributed by atoms with Crippen molar-refractivity contribution in [3.8, 4) is 5.75 Å². The van der Waals surface area contributed by atoms with E-state index in [4.69, 9.17) is 14.2 Å². The monoisotopic (exact) mass is 545 g/mol. The van der Waals surface area contributed by atoms with Crippen LogP contribution in [-0.2, 0) is 14.3 Å². The average molecular weight is 546 g/mol. The zero-order chi connectivity index (χ0) is 28.4. The summed E-state index contributed by atoms with van der Waals surface area (Å²) >= 11 is 0. The van der Waals surface area contributed by atoms with Gasteiger partial charge in [0.15, 0.2) is 0 Å². The van der Waals surface area contributed by atoms with E-state index >= 15 is 0 Å². The van der Waals surface area contributed by atoms with Gasteiger partial charge < -0.3 is 29.3 Å². The van der Waals surface area contributed by atoms with Gasteiger partial charge in [0.05, 0.1) is 6.61 Å². The summed E-state index contributed by atoms with van der Waals surface area (Å²) in [5.74, 6) is 1.69. The number of hydrogen-bond donors (Lipinski definition) is 1. The van der Waals surface area contributed by atoms with Crippen molar-refractivity contribution in [2.45, 2.75) is 71.4 Å². The van der Waals surface area contributed by atoms with Crippen LogP contribution in [0.5, 0.6) is 5.75 Å². The number of carbonyl (C=O) groups excluding carboxylic acids is 2. The van der Waals surface area contributed by atoms with Gasteiger partial charge in [0.2, 0.25) is 0 Å². The minimum atomic E-state index is -0.357. The van der Waals surface area contributed by atoms with Crippen molar-refractivity contribution < 1.29 is 23.8 Å². The highest BCUT2D eigenvalue weighted by molar-refractivity contribution is 5.95. The molecule has 39 heavy (non-hydrogen) atoms. The third-order valence-electron chi connectivity index (χ3n) is 8.44. The van der Waals surface area contributed by atoms with E-state index in [9.17, 15) is 9.59 Å². The highest BCUT2D eigenvalue weighted by Gasteiger charge is 2.36. The van der Waals surface area contributed by atoms with E-state index in [1.165, 1.54) is 19.3 Å². The number of aryl methyl sites for hydroxylation is 1. The summed E-state index contributed by atoms with van der Waals surface area (Å²) in [5, 5.41) is 3.51. The summed E-state index contributed by atoms with van der Waals surface area (Å²) in [4.78, 5) is 30.9. The number of nitrogens with zero attached hydrogens (tertiary/aromatic N) is 2. The first kappa shape index (κ1) is 31.4. The van der Waals surface area contributed by atoms with Gasteiger partial charge in [-0.25, -0.2) is 0 Å². The number of methoxy groups -OCH3 is 2. The third kappa shape index (κ3) is 8.66. The van der Waals surface area contributed by atoms with Gasteiger partial charge in [0.1, 0.15) is 11.9 Å². The molecule has 1 N–H and O–H groups in total. The molecule has 1 aliphatic carbocycles. The summed E-state index contributed by atoms with van der Waals surface area (Å²) in [6.07, 6.45) is 6.18. The quantitative estimate of drug-likeness (QED) is 0.354. The molecule has 1 heterocycles. The van der Waals surface area contributed by atoms with E-state index in [1.807, 2.05) is 42.0 Å². The maximum atomic E-state index is 13.7. The second kappa shape index (κ2) is 15.6. The van der Waals surface area contributed by atoms with Crippen LogP contribution < -0.4 is 10.1 Å². The fraction of sp³-hybridized carbons (Fsp3) is 0.742. The van der Waals surface area contributed by atoms with E-state index in [0.29, 0.717) is 37.8 Å². The number of hydrogen-bond acceptors (Lipinski definition) is 6. The van der Waals surface area contributed by atoms with Gasteiger partial charge in [0, 0.05) is 72.1 Å². The van der Waals surface area contributed by atoms with Gasteiger partial charge in [-0.15, -0.1) is 0 Å². The van der Waals surface area contributed by atoms with Gasteiger partial charge >= 0.3 is 0 Å². The molecule has 0 aromatic heterocycles. The highest BCUT2D eigenvalue weighted by atomic mass is 16.5. The molecule has 0 bridgehead atoms. The molecule has 220 valence electrons. The smallest absolute Gasteiger partial charge is 0.254 e. The van der Waals surface area contributed by atoms with Crippen molar-refractivity contribution in [3.05, 3.63) is 29.3 Å². The summed E-state index contributed by atoms with van der Waals surface area (Å²) in [6, 6.07) is 5.76. The lowest BCUT2D eigenvalue weighted by Crippen LogP contribution is -2.46. The molecule has 1 aromatic rings. The molecule has 3 rings (SSSR count). The average Bonchev–Trinajstić information content (AvgIpc) is 3.37. The van der Waals surface area contributed by atoms with Gasteiger partial charge in [-0.1, -0.05) is 25.3 Å². The van der Waals surface area contributed by atoms with Crippen LogP contribution in [0.2, 0.25) is 0 Å². The zero-order valence-electron chi connectivity index (χ0n) is 25.0. The Bertz CT molecular complexity index is 917. The van der Waals surface area contributed by atoms with Crippen LogP contribution in [0.1, 0.15) is 68.3 Å². The fourth-order valence-electron chi connectivity index (χ4n) is 6.03. The summed E-state index contributed by atoms with van der Waals surface area (Å²) in [5.41, 5.74) is 1.65. The molecule has 8 heteroatoms. The molecule has 0 radical (unpaired) electrons. The van der Waals surface area contributed by atoms with E-state index in [0.717, 1.165) is 43.7 Å². The Morgan fingerprint density at radius 3 is 2.36 bits per heavy atom. The second-order valence-corrected chi connectivity index (χ2v) is 11.7. The van der Waals surface area contributed by atoms with E-state index in [-0.39, 0.29) is 35.8 Å². The van der Waals surface area contributed by atoms with E-state index in [1.54, 1.807) is 14.2 Å². The molecule has 3 atom stereocenters. The lowest BCUT2D eigenvalue weighted by atomic mass is 9.84. The Morgan fingerprint density at radius 2 is 1.72 bits per heavy atom. The van der Waals surface area contributed by atoms with Gasteiger partial charge in [-0.2, -0.15) is 0 Å². The molecule has 1 saturated heterocycles. The molecule has 1 saturated carbocycles. The lowest BCUT2D eigenvalue weighted by molar-refractivity contribution is -0.145. The number of benzene rings is 1. The Balaban J connectivity index is 1.64. The Morgan fingerprint density at radius 1 is 1.03 bits per heavy atom. The maximum absolute atomic E-state index is 13.7. The molecule has 8 nitrogen and oxygen atoms in total. The fourth-order valence-corrected chi connectivity index (χ4v) is 6.03. The predicted octanol–water partition coefficient (Wildman–Crippen LogP) is 4.15. The topological polar surface area (TPSA) is 80.3 Å². The normalized spacial score (nSPS) is 20.7. The van der Waals surface area contributed by atoms with Gasteiger partial charge in [-0.3, -0.25) is 9.59 Å². The first-order valence-corrected chi connectivity index (χ1v) is 14.8. The molecule has 1 aromatic carbocycles. The number of likely N-dealkylation sites (N-methyl/N-ethyl adjacent to an activating group) is 1. The number of nitrogens with one attached hydrogen (secondary N) is 1. The van der Waals surface area contributed by atoms with Crippen molar-refractivity contribution in [1.29, 1.82) is 0 Å². The number of rotatable bonds is 14. The van der Waals surface area contributed by atoms with E-state index in [2.05, 4.69) is 19.2 Å². The Labute approximate surface area is 235 Å². The molecule has 1 aliphatic heterocycles. The zero-order valence-corrected chi connectivity index (χ0v) is 25.0. The van der Waals surface area contributed by atoms with Gasteiger partial charge in [0.25, 0.3) is 11.8 Å². The van der Waals surface area contributed by atoms with Gasteiger partial charge in [-0.05, 0) is 69.1 Å². The van der Waals surface area contributed by atoms with Crippen LogP contribution in [0, 0.1) is 24.7 Å². The van der Waals surface area contributed by atoms with Crippen molar-refractivity contribution in [1.82, 2.24) is 15.1 Å². The van der Waals surface area contributed by atoms with Crippen LogP contribution in [-0.4, -0.2) is 94.4 Å². The standard InChI is InChI=1S/C31H51N3O5/c1-22(2)34(30(35)25-14-13-23(3)28(17-25)39-16-10-15-37-5)21-27-19-32-18-26(27)20-33(4)31(36)29(38-6)24-11-8-7-9-12-24/h13-14,17,22,24,26-27,29,32H,7-12,15-16,18-21H2,1-6H3/t26-,27-,29?/m0/s1. The molecule has 2 fully saturated rings. The Kier molecular flexibility index (Phi) is 12.5. The molecular formula is C31H51N3O5. The van der Waals surface area contributed by atoms with Crippen molar-refractivity contribution in [3.63, 3.8) is 0 Å². The highest BCUT2D eigenvalue weighted by Crippen LogP contribution is 2.29. The third-order valence-corrected chi connectivity index (χ3v) is 8.44. The van der Waals surface area contributed by atoms with E-state index < -0.39 is 0 Å². The number of ether oxygens (including phenoxy) is 3. The van der Waals surface area contributed by atoms with Crippen molar-refractivity contribution in [2.75, 3.05) is 60.7 Å². The van der Waals surface area contributed by atoms with Crippen LogP contribution >= 0.6 is 0 Å². The Hall–Kier alpha value is -2.16. The van der Waals surface area contributed by atoms with Crippen LogP contribution in [0.3, 0.4) is 0 Å². The minimum Gasteiger partial charge on any atom is -0.493 e. The molecule has 1 unspecified atom stereocenters. The first-order chi connectivity index (χ1) is 18.8. The van der Waals surface area contributed by atoms with Crippen LogP contribution in [0.4, 0.5) is 0 Å². The summed E-state index contributed by atoms with van der Waals surface area (Å²) in [7, 11) is 5.25. The van der Waals surface area contributed by atoms with Crippen LogP contribution in [0.25, 0.3) is 0 Å². The largest absolute Gasteiger partial charge is 0.493 e. The SMILES string of the molecule is COCCCOc1cc(C(=O)N(C[C@@H]2CNC[C@H]2CN(C)C(=O)C(OC)C2CCCCC2)C(C)C)ccc1C. The van der Waals surface area contributed by atoms with Crippen molar-refractivity contribution >= 4 is 11.8 Å². The van der Waals surface area contributed by atoms with Crippen LogP contribution in [0.15, 0.2) is 18.2 Å². The minimum absolute atomic E-state index is 0.0126. The van der Waals surface area contributed by atoms with Crippen molar-refractivity contribution in [2.24, 2.45) is 17.8 Å². The summed E-state index contributed by atoms with van der Waals surface area (Å²) in [6.45, 7) is 10.3. The second-order valence-electron chi connectivity index (χ2n) is 11.7. The number of amides is 2. The summed E-state index contributed by atoms with van der Waals surface area (Å²) < 4.78 is 16.8.